The van der Waals surface area contributed by atoms with Crippen molar-refractivity contribution in [1.29, 1.82) is 0 Å². The zero-order valence-electron chi connectivity index (χ0n) is 10.3. The highest BCUT2D eigenvalue weighted by Crippen LogP contribution is 2.35. The molecule has 1 aromatic heterocycles. The third kappa shape index (κ3) is 3.41. The van der Waals surface area contributed by atoms with Gasteiger partial charge in [-0.3, -0.25) is 10.1 Å². The Labute approximate surface area is 132 Å². The number of methoxy groups -OCH3 is 1. The van der Waals surface area contributed by atoms with E-state index in [1.807, 2.05) is 0 Å². The number of thiazole rings is 1. The lowest BCUT2D eigenvalue weighted by Crippen LogP contribution is -1.98. The van der Waals surface area contributed by atoms with E-state index in [9.17, 15) is 14.9 Å². The van der Waals surface area contributed by atoms with Gasteiger partial charge >= 0.3 is 5.97 Å². The largest absolute Gasteiger partial charge is 0.465 e. The molecule has 0 aliphatic rings. The summed E-state index contributed by atoms with van der Waals surface area (Å²) in [7, 11) is 1.22. The van der Waals surface area contributed by atoms with Crippen LogP contribution in [0.2, 0.25) is 10.2 Å². The summed E-state index contributed by atoms with van der Waals surface area (Å²) in [6.45, 7) is 0. The Hall–Kier alpha value is -1.90. The fourth-order valence-electron chi connectivity index (χ4n) is 1.35. The minimum Gasteiger partial charge on any atom is -0.465 e. The summed E-state index contributed by atoms with van der Waals surface area (Å²) in [6.07, 6.45) is 0. The molecule has 0 bridgehead atoms. The van der Waals surface area contributed by atoms with Gasteiger partial charge in [-0.15, -0.1) is 0 Å². The number of hydrogen-bond acceptors (Lipinski definition) is 7. The van der Waals surface area contributed by atoms with Crippen LogP contribution in [0.3, 0.4) is 0 Å². The van der Waals surface area contributed by atoms with Crippen molar-refractivity contribution in [2.24, 2.45) is 0 Å². The minimum atomic E-state index is -0.630. The first-order valence-electron chi connectivity index (χ1n) is 5.28. The van der Waals surface area contributed by atoms with Crippen LogP contribution in [0.25, 0.3) is 0 Å². The fraction of sp³-hybridized carbons (Fsp3) is 0.0909. The van der Waals surface area contributed by atoms with E-state index in [-0.39, 0.29) is 31.7 Å². The van der Waals surface area contributed by atoms with Crippen LogP contribution in [0, 0.1) is 10.1 Å². The van der Waals surface area contributed by atoms with Crippen molar-refractivity contribution in [3.05, 3.63) is 43.4 Å². The lowest BCUT2D eigenvalue weighted by molar-refractivity contribution is -0.384. The van der Waals surface area contributed by atoms with E-state index in [1.165, 1.54) is 25.3 Å². The normalized spacial score (nSPS) is 10.2. The van der Waals surface area contributed by atoms with Gasteiger partial charge < -0.3 is 9.47 Å². The molecule has 0 fully saturated rings. The van der Waals surface area contributed by atoms with E-state index >= 15 is 0 Å². The quantitative estimate of drug-likeness (QED) is 0.472. The number of ether oxygens (including phenoxy) is 2. The lowest BCUT2D eigenvalue weighted by atomic mass is 10.3. The molecule has 21 heavy (non-hydrogen) atoms. The zero-order valence-corrected chi connectivity index (χ0v) is 12.7. The monoisotopic (exact) mass is 348 g/mol. The van der Waals surface area contributed by atoms with E-state index in [0.29, 0.717) is 0 Å². The highest BCUT2D eigenvalue weighted by atomic mass is 35.5. The van der Waals surface area contributed by atoms with Gasteiger partial charge in [0.25, 0.3) is 10.9 Å². The molecule has 2 aromatic rings. The smallest absolute Gasteiger partial charge is 0.351 e. The molecule has 7 nitrogen and oxygen atoms in total. The lowest BCUT2D eigenvalue weighted by Gasteiger charge is -2.02. The van der Waals surface area contributed by atoms with Crippen molar-refractivity contribution in [2.45, 2.75) is 0 Å². The van der Waals surface area contributed by atoms with Gasteiger partial charge in [-0.1, -0.05) is 34.5 Å². The Balaban J connectivity index is 2.25. The molecule has 10 heteroatoms. The van der Waals surface area contributed by atoms with Crippen LogP contribution in [0.1, 0.15) is 9.67 Å². The molecule has 0 saturated carbocycles. The molecule has 0 amide bonds. The number of benzene rings is 1. The third-order valence-electron chi connectivity index (χ3n) is 2.26. The average Bonchev–Trinajstić information content (AvgIpc) is 2.78. The summed E-state index contributed by atoms with van der Waals surface area (Å²) in [5.74, 6) is -0.401. The molecular weight excluding hydrogens is 343 g/mol. The second-order valence-corrected chi connectivity index (χ2v) is 5.29. The second kappa shape index (κ2) is 6.25. The van der Waals surface area contributed by atoms with E-state index in [1.54, 1.807) is 0 Å². The number of nitro benzene ring substituents is 1. The number of carbonyl (C=O) groups excluding carboxylic acids is 1. The van der Waals surface area contributed by atoms with E-state index in [2.05, 4.69) is 9.72 Å². The van der Waals surface area contributed by atoms with E-state index in [4.69, 9.17) is 27.9 Å². The van der Waals surface area contributed by atoms with Crippen molar-refractivity contribution >= 4 is 46.2 Å². The van der Waals surface area contributed by atoms with Gasteiger partial charge in [-0.05, 0) is 6.07 Å². The molecule has 0 atom stereocenters. The summed E-state index contributed by atoms with van der Waals surface area (Å²) < 4.78 is 9.90. The second-order valence-electron chi connectivity index (χ2n) is 3.56. The SMILES string of the molecule is COC(=O)c1sc(Oc2ccc([N+](=O)[O-])c(Cl)c2)nc1Cl. The highest BCUT2D eigenvalue weighted by Gasteiger charge is 2.19. The van der Waals surface area contributed by atoms with Crippen LogP contribution in [0.4, 0.5) is 5.69 Å². The topological polar surface area (TPSA) is 91.6 Å². The minimum absolute atomic E-state index is 0.0464. The molecule has 1 heterocycles. The summed E-state index contributed by atoms with van der Waals surface area (Å²) >= 11 is 12.4. The first-order valence-corrected chi connectivity index (χ1v) is 6.86. The Morgan fingerprint density at radius 2 is 2.14 bits per heavy atom. The number of nitrogens with zero attached hydrogens (tertiary/aromatic N) is 2. The standard InChI is InChI=1S/C11H6Cl2N2O5S/c1-19-10(16)8-9(13)14-11(21-8)20-5-2-3-7(15(17)18)6(12)4-5/h2-4H,1H3. The highest BCUT2D eigenvalue weighted by molar-refractivity contribution is 7.15. The number of hydrogen-bond donors (Lipinski definition) is 0. The van der Waals surface area contributed by atoms with Gasteiger partial charge in [0.2, 0.25) is 0 Å². The van der Waals surface area contributed by atoms with Crippen molar-refractivity contribution in [3.63, 3.8) is 0 Å². The molecule has 1 aromatic carbocycles. The van der Waals surface area contributed by atoms with Crippen LogP contribution < -0.4 is 4.74 Å². The molecule has 0 radical (unpaired) electrons. The number of nitro groups is 1. The van der Waals surface area contributed by atoms with Crippen LogP contribution in [-0.4, -0.2) is 23.0 Å². The molecule has 0 unspecified atom stereocenters. The van der Waals surface area contributed by atoms with Crippen LogP contribution in [-0.2, 0) is 4.74 Å². The van der Waals surface area contributed by atoms with Gasteiger partial charge in [0.1, 0.15) is 10.8 Å². The Morgan fingerprint density at radius 3 is 2.71 bits per heavy atom. The third-order valence-corrected chi connectivity index (χ3v) is 3.86. The first kappa shape index (κ1) is 15.5. The van der Waals surface area contributed by atoms with E-state index in [0.717, 1.165) is 11.3 Å². The summed E-state index contributed by atoms with van der Waals surface area (Å²) in [5, 5.41) is 10.6. The first-order chi connectivity index (χ1) is 9.92. The van der Waals surface area contributed by atoms with Gasteiger partial charge in [0, 0.05) is 12.1 Å². The number of aromatic nitrogens is 1. The van der Waals surface area contributed by atoms with Gasteiger partial charge in [-0.2, -0.15) is 4.98 Å². The molecule has 0 saturated heterocycles. The maximum absolute atomic E-state index is 11.4. The molecule has 110 valence electrons. The number of halogens is 2. The van der Waals surface area contributed by atoms with Crippen molar-refractivity contribution in [2.75, 3.05) is 7.11 Å². The van der Waals surface area contributed by atoms with Crippen LogP contribution >= 0.6 is 34.5 Å². The summed E-state index contributed by atoms with van der Waals surface area (Å²) in [6, 6.07) is 3.83. The Morgan fingerprint density at radius 1 is 1.43 bits per heavy atom. The predicted octanol–water partition coefficient (Wildman–Crippen LogP) is 3.94. The maximum atomic E-state index is 11.4. The van der Waals surface area contributed by atoms with E-state index < -0.39 is 10.9 Å². The Kier molecular flexibility index (Phi) is 4.61. The molecule has 2 rings (SSSR count). The summed E-state index contributed by atoms with van der Waals surface area (Å²) in [5.41, 5.74) is -0.239. The molecule has 0 spiro atoms. The fourth-order valence-corrected chi connectivity index (χ4v) is 2.65. The number of carbonyl (C=O) groups is 1. The van der Waals surface area contributed by atoms with Gasteiger partial charge in [-0.25, -0.2) is 4.79 Å². The maximum Gasteiger partial charge on any atom is 0.351 e. The molecule has 0 aliphatic carbocycles. The van der Waals surface area contributed by atoms with Crippen LogP contribution in [0.15, 0.2) is 18.2 Å². The molecule has 0 aliphatic heterocycles. The number of esters is 1. The van der Waals surface area contributed by atoms with Gasteiger partial charge in [0.15, 0.2) is 10.0 Å². The average molecular weight is 349 g/mol. The van der Waals surface area contributed by atoms with Crippen molar-refractivity contribution < 1.29 is 19.2 Å². The predicted molar refractivity (Wildman–Crippen MR) is 76.6 cm³/mol. The Bertz CT molecular complexity index is 719. The van der Waals surface area contributed by atoms with Crippen molar-refractivity contribution in [1.82, 2.24) is 4.98 Å². The van der Waals surface area contributed by atoms with Crippen LogP contribution in [0.5, 0.6) is 10.9 Å². The summed E-state index contributed by atoms with van der Waals surface area (Å²) in [4.78, 5) is 25.4. The number of rotatable bonds is 4. The molecular formula is C11H6Cl2N2O5S. The molecule has 0 N–H and O–H groups in total. The zero-order chi connectivity index (χ0) is 15.6. The van der Waals surface area contributed by atoms with Crippen molar-refractivity contribution in [3.8, 4) is 10.9 Å². The van der Waals surface area contributed by atoms with Gasteiger partial charge in [0.05, 0.1) is 12.0 Å².